The highest BCUT2D eigenvalue weighted by molar-refractivity contribution is 7.57. The second-order valence-corrected chi connectivity index (χ2v) is 8.10. The van der Waals surface area contributed by atoms with Crippen LogP contribution in [-0.4, -0.2) is 25.7 Å². The molecular formula is C12H25O3P. The summed E-state index contributed by atoms with van der Waals surface area (Å²) in [4.78, 5) is 0. The summed E-state index contributed by atoms with van der Waals surface area (Å²) in [6.07, 6.45) is 0.898. The van der Waals surface area contributed by atoms with Gasteiger partial charge < -0.3 is 4.74 Å². The van der Waals surface area contributed by atoms with E-state index in [2.05, 4.69) is 27.7 Å². The monoisotopic (exact) mass is 248 g/mol. The SMILES string of the molecule is CCC1O[C@@H](OP(C)(C)=O)C(C)C(C)[C@H]1C. The van der Waals surface area contributed by atoms with Gasteiger partial charge in [-0.2, -0.15) is 0 Å². The van der Waals surface area contributed by atoms with E-state index < -0.39 is 7.37 Å². The molecule has 1 aliphatic rings. The molecule has 0 aromatic heterocycles. The Morgan fingerprint density at radius 1 is 1.12 bits per heavy atom. The van der Waals surface area contributed by atoms with Crippen molar-refractivity contribution >= 4 is 7.37 Å². The van der Waals surface area contributed by atoms with Crippen LogP contribution in [0.2, 0.25) is 0 Å². The maximum absolute atomic E-state index is 11.7. The Morgan fingerprint density at radius 3 is 2.12 bits per heavy atom. The highest BCUT2D eigenvalue weighted by atomic mass is 31.2. The van der Waals surface area contributed by atoms with Crippen molar-refractivity contribution in [2.75, 3.05) is 13.3 Å². The van der Waals surface area contributed by atoms with Crippen molar-refractivity contribution < 1.29 is 13.8 Å². The van der Waals surface area contributed by atoms with E-state index in [1.54, 1.807) is 13.3 Å². The number of hydrogen-bond donors (Lipinski definition) is 0. The lowest BCUT2D eigenvalue weighted by Gasteiger charge is -2.43. The first kappa shape index (κ1) is 14.2. The Balaban J connectivity index is 2.75. The Morgan fingerprint density at radius 2 is 1.69 bits per heavy atom. The van der Waals surface area contributed by atoms with Crippen LogP contribution in [0.15, 0.2) is 0 Å². The fraction of sp³-hybridized carbons (Fsp3) is 1.00. The van der Waals surface area contributed by atoms with Gasteiger partial charge in [-0.1, -0.05) is 27.7 Å². The van der Waals surface area contributed by atoms with E-state index in [1.807, 2.05) is 0 Å². The smallest absolute Gasteiger partial charge is 0.199 e. The predicted molar refractivity (Wildman–Crippen MR) is 67.0 cm³/mol. The van der Waals surface area contributed by atoms with Crippen LogP contribution >= 0.6 is 7.37 Å². The highest BCUT2D eigenvalue weighted by Gasteiger charge is 2.40. The molecule has 4 heteroatoms. The number of ether oxygens (including phenoxy) is 1. The first-order valence-corrected chi connectivity index (χ1v) is 8.67. The third-order valence-electron chi connectivity index (χ3n) is 3.74. The van der Waals surface area contributed by atoms with Crippen molar-refractivity contribution in [3.8, 4) is 0 Å². The predicted octanol–water partition coefficient (Wildman–Crippen LogP) is 3.58. The summed E-state index contributed by atoms with van der Waals surface area (Å²) in [5, 5.41) is 0. The summed E-state index contributed by atoms with van der Waals surface area (Å²) in [6.45, 7) is 12.0. The van der Waals surface area contributed by atoms with Gasteiger partial charge in [-0.25, -0.2) is 0 Å². The van der Waals surface area contributed by atoms with Crippen molar-refractivity contribution in [1.82, 2.24) is 0 Å². The van der Waals surface area contributed by atoms with E-state index in [9.17, 15) is 4.57 Å². The molecule has 0 aromatic carbocycles. The van der Waals surface area contributed by atoms with Crippen molar-refractivity contribution in [1.29, 1.82) is 0 Å². The Hall–Kier alpha value is 0.150. The van der Waals surface area contributed by atoms with Crippen LogP contribution in [0.3, 0.4) is 0 Å². The Kier molecular flexibility index (Phi) is 4.62. The summed E-state index contributed by atoms with van der Waals surface area (Å²) in [7, 11) is -2.48. The molecule has 1 rings (SSSR count). The van der Waals surface area contributed by atoms with Crippen LogP contribution in [0, 0.1) is 17.8 Å². The third-order valence-corrected chi connectivity index (χ3v) is 4.46. The van der Waals surface area contributed by atoms with Crippen LogP contribution in [0.25, 0.3) is 0 Å². The zero-order valence-electron chi connectivity index (χ0n) is 11.3. The second kappa shape index (κ2) is 5.20. The maximum Gasteiger partial charge on any atom is 0.199 e. The van der Waals surface area contributed by atoms with Crippen LogP contribution in [0.4, 0.5) is 0 Å². The largest absolute Gasteiger partial charge is 0.348 e. The van der Waals surface area contributed by atoms with Gasteiger partial charge in [0, 0.05) is 19.2 Å². The van der Waals surface area contributed by atoms with Gasteiger partial charge in [0.05, 0.1) is 6.10 Å². The molecule has 0 saturated carbocycles. The van der Waals surface area contributed by atoms with Gasteiger partial charge in [-0.3, -0.25) is 9.09 Å². The Bertz CT molecular complexity index is 271. The summed E-state index contributed by atoms with van der Waals surface area (Å²) in [5.74, 6) is 1.37. The Labute approximate surface area is 99.4 Å². The normalized spacial score (nSPS) is 41.0. The molecular weight excluding hydrogens is 223 g/mol. The van der Waals surface area contributed by atoms with Gasteiger partial charge in [-0.05, 0) is 18.3 Å². The molecule has 0 aliphatic carbocycles. The molecule has 5 atom stereocenters. The standard InChI is InChI=1S/C12H25O3P/c1-7-11-9(3)8(2)10(4)12(14-11)15-16(5,6)13/h8-12H,7H2,1-6H3/t8?,9-,10?,11?,12+/m1/s1. The number of rotatable bonds is 3. The molecule has 96 valence electrons. The van der Waals surface area contributed by atoms with Gasteiger partial charge in [0.2, 0.25) is 0 Å². The zero-order valence-corrected chi connectivity index (χ0v) is 12.2. The lowest BCUT2D eigenvalue weighted by molar-refractivity contribution is -0.210. The van der Waals surface area contributed by atoms with Crippen molar-refractivity contribution in [3.63, 3.8) is 0 Å². The van der Waals surface area contributed by atoms with E-state index in [0.717, 1.165) is 6.42 Å². The minimum atomic E-state index is -2.48. The van der Waals surface area contributed by atoms with E-state index in [4.69, 9.17) is 9.26 Å². The van der Waals surface area contributed by atoms with Gasteiger partial charge >= 0.3 is 0 Å². The van der Waals surface area contributed by atoms with Gasteiger partial charge in [0.15, 0.2) is 13.7 Å². The van der Waals surface area contributed by atoms with E-state index >= 15 is 0 Å². The molecule has 0 spiro atoms. The highest BCUT2D eigenvalue weighted by Crippen LogP contribution is 2.45. The maximum atomic E-state index is 11.7. The van der Waals surface area contributed by atoms with E-state index in [1.165, 1.54) is 0 Å². The second-order valence-electron chi connectivity index (χ2n) is 5.39. The van der Waals surface area contributed by atoms with E-state index in [0.29, 0.717) is 17.8 Å². The van der Waals surface area contributed by atoms with Crippen LogP contribution in [-0.2, 0) is 13.8 Å². The van der Waals surface area contributed by atoms with Crippen LogP contribution < -0.4 is 0 Å². The van der Waals surface area contributed by atoms with Crippen LogP contribution in [0.5, 0.6) is 0 Å². The molecule has 1 fully saturated rings. The third kappa shape index (κ3) is 3.32. The van der Waals surface area contributed by atoms with Gasteiger partial charge in [0.1, 0.15) is 0 Å². The first-order chi connectivity index (χ1) is 7.26. The number of hydrogen-bond acceptors (Lipinski definition) is 3. The lowest BCUT2D eigenvalue weighted by atomic mass is 9.78. The minimum Gasteiger partial charge on any atom is -0.348 e. The molecule has 0 bridgehead atoms. The first-order valence-electron chi connectivity index (χ1n) is 6.15. The molecule has 3 nitrogen and oxygen atoms in total. The lowest BCUT2D eigenvalue weighted by Crippen LogP contribution is -2.45. The molecule has 0 N–H and O–H groups in total. The molecule has 0 radical (unpaired) electrons. The fourth-order valence-corrected chi connectivity index (χ4v) is 3.07. The zero-order chi connectivity index (χ0) is 12.5. The van der Waals surface area contributed by atoms with Gasteiger partial charge in [0.25, 0.3) is 0 Å². The molecule has 16 heavy (non-hydrogen) atoms. The molecule has 0 amide bonds. The summed E-state index contributed by atoms with van der Waals surface area (Å²) in [6, 6.07) is 0. The van der Waals surface area contributed by atoms with Crippen LogP contribution in [0.1, 0.15) is 34.1 Å². The molecule has 0 aromatic rings. The average Bonchev–Trinajstić information content (AvgIpc) is 2.17. The van der Waals surface area contributed by atoms with Crippen molar-refractivity contribution in [3.05, 3.63) is 0 Å². The molecule has 1 aliphatic heterocycles. The molecule has 3 unspecified atom stereocenters. The van der Waals surface area contributed by atoms with Crippen molar-refractivity contribution in [2.24, 2.45) is 17.8 Å². The summed E-state index contributed by atoms with van der Waals surface area (Å²) >= 11 is 0. The summed E-state index contributed by atoms with van der Waals surface area (Å²) in [5.41, 5.74) is 0. The fourth-order valence-electron chi connectivity index (χ4n) is 2.32. The minimum absolute atomic E-state index is 0.225. The summed E-state index contributed by atoms with van der Waals surface area (Å²) < 4.78 is 23.2. The average molecular weight is 248 g/mol. The topological polar surface area (TPSA) is 35.5 Å². The van der Waals surface area contributed by atoms with Gasteiger partial charge in [-0.15, -0.1) is 0 Å². The van der Waals surface area contributed by atoms with Crippen molar-refractivity contribution in [2.45, 2.75) is 46.5 Å². The quantitative estimate of drug-likeness (QED) is 0.716. The molecule has 1 heterocycles. The van der Waals surface area contributed by atoms with E-state index in [-0.39, 0.29) is 12.4 Å². The molecule has 1 saturated heterocycles.